The van der Waals surface area contributed by atoms with Gasteiger partial charge < -0.3 is 5.73 Å². The van der Waals surface area contributed by atoms with Crippen molar-refractivity contribution in [1.82, 2.24) is 4.31 Å². The maximum Gasteiger partial charge on any atom is 0.329 e. The first-order chi connectivity index (χ1) is 4.30. The van der Waals surface area contributed by atoms with Gasteiger partial charge in [0.15, 0.2) is 0 Å². The molecule has 0 aliphatic carbocycles. The minimum Gasteiger partial charge on any atom is -0.350 e. The average molecular weight is 143 g/mol. The predicted molar refractivity (Wildman–Crippen MR) is 36.6 cm³/mol. The number of hydrogen-bond donors (Lipinski definition) is 1. The van der Waals surface area contributed by atoms with Crippen molar-refractivity contribution in [3.8, 4) is 0 Å². The van der Waals surface area contributed by atoms with Crippen LogP contribution in [0.5, 0.6) is 0 Å². The van der Waals surface area contributed by atoms with Crippen LogP contribution in [0.3, 0.4) is 0 Å². The van der Waals surface area contributed by atoms with Crippen molar-refractivity contribution in [2.75, 3.05) is 0 Å². The molecule has 0 aromatic heterocycles. The molecular formula is C4H5N3OS. The number of amides is 2. The van der Waals surface area contributed by atoms with E-state index in [0.717, 1.165) is 11.9 Å². The molecule has 48 valence electrons. The van der Waals surface area contributed by atoms with Crippen LogP contribution >= 0.6 is 11.9 Å². The highest BCUT2D eigenvalue weighted by atomic mass is 32.2. The first-order valence-electron chi connectivity index (χ1n) is 2.24. The summed E-state index contributed by atoms with van der Waals surface area (Å²) in [5, 5.41) is 0. The Bertz CT molecular complexity index is 177. The lowest BCUT2D eigenvalue weighted by atomic mass is 10.8. The van der Waals surface area contributed by atoms with Gasteiger partial charge in [0.05, 0.1) is 5.55 Å². The van der Waals surface area contributed by atoms with Crippen LogP contribution in [0.1, 0.15) is 0 Å². The van der Waals surface area contributed by atoms with Crippen molar-refractivity contribution in [3.05, 3.63) is 12.4 Å². The summed E-state index contributed by atoms with van der Waals surface area (Å²) in [4.78, 5) is 14.1. The molecule has 0 saturated carbocycles. The SMILES string of the molecule is NC(=O)N1C=CN=CS1. The van der Waals surface area contributed by atoms with Gasteiger partial charge in [0.25, 0.3) is 0 Å². The third-order valence-electron chi connectivity index (χ3n) is 0.727. The highest BCUT2D eigenvalue weighted by Gasteiger charge is 2.05. The number of carbonyl (C=O) groups excluding carboxylic acids is 1. The molecule has 0 radical (unpaired) electrons. The van der Waals surface area contributed by atoms with Crippen molar-refractivity contribution >= 4 is 23.5 Å². The Morgan fingerprint density at radius 2 is 2.56 bits per heavy atom. The van der Waals surface area contributed by atoms with Gasteiger partial charge in [-0.2, -0.15) is 0 Å². The van der Waals surface area contributed by atoms with Crippen LogP contribution in [0.15, 0.2) is 17.4 Å². The van der Waals surface area contributed by atoms with Gasteiger partial charge in [0.1, 0.15) is 0 Å². The van der Waals surface area contributed by atoms with Crippen LogP contribution in [0.25, 0.3) is 0 Å². The number of aliphatic imine (C=N–C) groups is 1. The van der Waals surface area contributed by atoms with Gasteiger partial charge in [-0.25, -0.2) is 9.10 Å². The second-order valence-corrected chi connectivity index (χ2v) is 2.14. The van der Waals surface area contributed by atoms with Gasteiger partial charge in [-0.05, 0) is 0 Å². The van der Waals surface area contributed by atoms with E-state index in [1.165, 1.54) is 22.3 Å². The summed E-state index contributed by atoms with van der Waals surface area (Å²) >= 11 is 1.15. The minimum atomic E-state index is -0.484. The number of carbonyl (C=O) groups is 1. The molecule has 2 N–H and O–H groups in total. The average Bonchev–Trinajstić information content (AvgIpc) is 1.90. The Morgan fingerprint density at radius 3 is 2.89 bits per heavy atom. The van der Waals surface area contributed by atoms with Crippen LogP contribution < -0.4 is 5.73 Å². The Labute approximate surface area is 56.6 Å². The Hall–Kier alpha value is -0.970. The summed E-state index contributed by atoms with van der Waals surface area (Å²) in [6.45, 7) is 0. The molecule has 1 aliphatic rings. The predicted octanol–water partition coefficient (Wildman–Crippen LogP) is 0.528. The van der Waals surface area contributed by atoms with Crippen LogP contribution in [-0.4, -0.2) is 15.9 Å². The van der Waals surface area contributed by atoms with Crippen LogP contribution in [0, 0.1) is 0 Å². The quantitative estimate of drug-likeness (QED) is 0.503. The molecule has 0 aromatic carbocycles. The second kappa shape index (κ2) is 2.54. The molecule has 5 heteroatoms. The molecule has 1 heterocycles. The van der Waals surface area contributed by atoms with Crippen molar-refractivity contribution < 1.29 is 4.79 Å². The summed E-state index contributed by atoms with van der Waals surface area (Å²) in [6.07, 6.45) is 3.01. The fourth-order valence-electron chi connectivity index (χ4n) is 0.373. The Morgan fingerprint density at radius 1 is 1.78 bits per heavy atom. The second-order valence-electron chi connectivity index (χ2n) is 1.32. The van der Waals surface area contributed by atoms with E-state index in [9.17, 15) is 4.79 Å². The molecule has 0 bridgehead atoms. The standard InChI is InChI=1S/C4H5N3OS/c5-4(8)7-2-1-6-3-9-7/h1-3H,(H2,5,8). The number of rotatable bonds is 0. The number of hydrogen-bond acceptors (Lipinski definition) is 3. The minimum absolute atomic E-state index is 0.484. The summed E-state index contributed by atoms with van der Waals surface area (Å²) in [5.41, 5.74) is 6.45. The van der Waals surface area contributed by atoms with Crippen molar-refractivity contribution in [2.45, 2.75) is 0 Å². The largest absolute Gasteiger partial charge is 0.350 e. The highest BCUT2D eigenvalue weighted by molar-refractivity contribution is 8.10. The number of primary amides is 1. The molecule has 1 aliphatic heterocycles. The van der Waals surface area contributed by atoms with E-state index in [1.54, 1.807) is 0 Å². The fraction of sp³-hybridized carbons (Fsp3) is 0. The zero-order valence-electron chi connectivity index (χ0n) is 4.52. The maximum absolute atomic E-state index is 10.4. The van der Waals surface area contributed by atoms with Gasteiger partial charge in [0.2, 0.25) is 0 Å². The van der Waals surface area contributed by atoms with E-state index in [-0.39, 0.29) is 0 Å². The van der Waals surface area contributed by atoms with Crippen LogP contribution in [-0.2, 0) is 0 Å². The summed E-state index contributed by atoms with van der Waals surface area (Å²) in [6, 6.07) is -0.484. The molecule has 0 aromatic rings. The van der Waals surface area contributed by atoms with E-state index in [4.69, 9.17) is 5.73 Å². The Balaban J connectivity index is 2.56. The summed E-state index contributed by atoms with van der Waals surface area (Å²) < 4.78 is 1.28. The zero-order valence-corrected chi connectivity index (χ0v) is 5.34. The van der Waals surface area contributed by atoms with E-state index >= 15 is 0 Å². The molecule has 0 fully saturated rings. The lowest BCUT2D eigenvalue weighted by Gasteiger charge is -2.11. The number of nitrogens with two attached hydrogens (primary N) is 1. The third kappa shape index (κ3) is 1.46. The topological polar surface area (TPSA) is 58.7 Å². The molecule has 9 heavy (non-hydrogen) atoms. The molecule has 0 spiro atoms. The van der Waals surface area contributed by atoms with Gasteiger partial charge in [0, 0.05) is 24.3 Å². The monoisotopic (exact) mass is 143 g/mol. The molecule has 4 nitrogen and oxygen atoms in total. The van der Waals surface area contributed by atoms with Crippen molar-refractivity contribution in [1.29, 1.82) is 0 Å². The van der Waals surface area contributed by atoms with E-state index < -0.39 is 6.03 Å². The molecule has 2 amide bonds. The lowest BCUT2D eigenvalue weighted by molar-refractivity contribution is 0.242. The zero-order chi connectivity index (χ0) is 6.69. The fourth-order valence-corrected chi connectivity index (χ4v) is 0.828. The summed E-state index contributed by atoms with van der Waals surface area (Å²) in [5.74, 6) is 0. The van der Waals surface area contributed by atoms with Crippen LogP contribution in [0.2, 0.25) is 0 Å². The summed E-state index contributed by atoms with van der Waals surface area (Å²) in [7, 11) is 0. The highest BCUT2D eigenvalue weighted by Crippen LogP contribution is 2.09. The maximum atomic E-state index is 10.4. The van der Waals surface area contributed by atoms with E-state index in [2.05, 4.69) is 4.99 Å². The normalized spacial score (nSPS) is 16.2. The first-order valence-corrected chi connectivity index (χ1v) is 3.08. The van der Waals surface area contributed by atoms with Crippen LogP contribution in [0.4, 0.5) is 4.79 Å². The van der Waals surface area contributed by atoms with Gasteiger partial charge >= 0.3 is 6.03 Å². The molecule has 1 rings (SSSR count). The molecular weight excluding hydrogens is 138 g/mol. The van der Waals surface area contributed by atoms with Gasteiger partial charge in [-0.3, -0.25) is 4.99 Å². The molecule has 0 unspecified atom stereocenters. The third-order valence-corrected chi connectivity index (χ3v) is 1.47. The van der Waals surface area contributed by atoms with Gasteiger partial charge in [-0.15, -0.1) is 0 Å². The van der Waals surface area contributed by atoms with Crippen molar-refractivity contribution in [2.24, 2.45) is 10.7 Å². The van der Waals surface area contributed by atoms with E-state index in [0.29, 0.717) is 0 Å². The first kappa shape index (κ1) is 6.15. The number of nitrogens with zero attached hydrogens (tertiary/aromatic N) is 2. The number of urea groups is 1. The van der Waals surface area contributed by atoms with E-state index in [1.807, 2.05) is 0 Å². The molecule has 0 atom stereocenters. The smallest absolute Gasteiger partial charge is 0.329 e. The van der Waals surface area contributed by atoms with Crippen molar-refractivity contribution in [3.63, 3.8) is 0 Å². The van der Waals surface area contributed by atoms with Gasteiger partial charge in [-0.1, -0.05) is 0 Å². The Kier molecular flexibility index (Phi) is 1.74. The molecule has 0 saturated heterocycles. The lowest BCUT2D eigenvalue weighted by Crippen LogP contribution is -2.25.